The number of likely N-dealkylation sites (tertiary alicyclic amines) is 1. The molecule has 4 nitrogen and oxygen atoms in total. The molecule has 1 aliphatic rings. The van der Waals surface area contributed by atoms with E-state index in [1.54, 1.807) is 0 Å². The van der Waals surface area contributed by atoms with Crippen LogP contribution in [0.15, 0.2) is 24.3 Å². The molecule has 0 bridgehead atoms. The van der Waals surface area contributed by atoms with E-state index in [4.69, 9.17) is 4.74 Å². The Morgan fingerprint density at radius 3 is 2.64 bits per heavy atom. The van der Waals surface area contributed by atoms with Gasteiger partial charge in [-0.05, 0) is 64.3 Å². The van der Waals surface area contributed by atoms with E-state index in [1.165, 1.54) is 0 Å². The van der Waals surface area contributed by atoms with E-state index < -0.39 is 0 Å². The monoisotopic (exact) mass is 304 g/mol. The van der Waals surface area contributed by atoms with Crippen LogP contribution in [0.5, 0.6) is 5.75 Å². The van der Waals surface area contributed by atoms with Gasteiger partial charge < -0.3 is 15.0 Å². The zero-order valence-electron chi connectivity index (χ0n) is 14.0. The minimum atomic E-state index is -0.0328. The summed E-state index contributed by atoms with van der Waals surface area (Å²) in [5.41, 5.74) is 1.05. The first-order valence-electron chi connectivity index (χ1n) is 8.25. The Morgan fingerprint density at radius 2 is 2.00 bits per heavy atom. The molecule has 1 heterocycles. The number of amides is 1. The van der Waals surface area contributed by atoms with Crippen molar-refractivity contribution in [3.63, 3.8) is 0 Å². The Kier molecular flexibility index (Phi) is 6.25. The Morgan fingerprint density at radius 1 is 1.32 bits per heavy atom. The fraction of sp³-hybridized carbons (Fsp3) is 0.611. The van der Waals surface area contributed by atoms with E-state index in [0.717, 1.165) is 43.8 Å². The molecule has 2 rings (SSSR count). The number of nitrogens with one attached hydrogen (secondary N) is 1. The maximum atomic E-state index is 11.9. The van der Waals surface area contributed by atoms with Crippen LogP contribution in [0.4, 0.5) is 0 Å². The summed E-state index contributed by atoms with van der Waals surface area (Å²) < 4.78 is 5.57. The summed E-state index contributed by atoms with van der Waals surface area (Å²) in [7, 11) is 0. The van der Waals surface area contributed by atoms with Gasteiger partial charge in [-0.2, -0.15) is 0 Å². The van der Waals surface area contributed by atoms with Crippen LogP contribution in [0, 0.1) is 12.8 Å². The van der Waals surface area contributed by atoms with E-state index in [0.29, 0.717) is 12.0 Å². The minimum absolute atomic E-state index is 0.0328. The molecule has 1 aromatic rings. The third-order valence-electron chi connectivity index (χ3n) is 4.42. The van der Waals surface area contributed by atoms with Crippen molar-refractivity contribution in [1.29, 1.82) is 0 Å². The van der Waals surface area contributed by atoms with Crippen LogP contribution in [0.25, 0.3) is 0 Å². The number of hydrogen-bond donors (Lipinski definition) is 1. The number of rotatable bonds is 6. The second kappa shape index (κ2) is 8.18. The lowest BCUT2D eigenvalue weighted by molar-refractivity contribution is -0.123. The summed E-state index contributed by atoms with van der Waals surface area (Å²) >= 11 is 0. The predicted octanol–water partition coefficient (Wildman–Crippen LogP) is 2.61. The largest absolute Gasteiger partial charge is 0.484 e. The van der Waals surface area contributed by atoms with Gasteiger partial charge in [0.2, 0.25) is 0 Å². The number of nitrogens with zero attached hydrogens (tertiary/aromatic N) is 1. The third-order valence-corrected chi connectivity index (χ3v) is 4.42. The van der Waals surface area contributed by atoms with Gasteiger partial charge in [0.1, 0.15) is 5.75 Å². The van der Waals surface area contributed by atoms with Gasteiger partial charge in [0.05, 0.1) is 0 Å². The van der Waals surface area contributed by atoms with Crippen LogP contribution in [0.1, 0.15) is 32.3 Å². The minimum Gasteiger partial charge on any atom is -0.484 e. The van der Waals surface area contributed by atoms with E-state index in [-0.39, 0.29) is 12.5 Å². The average molecular weight is 304 g/mol. The van der Waals surface area contributed by atoms with Crippen molar-refractivity contribution >= 4 is 5.91 Å². The molecular weight excluding hydrogens is 276 g/mol. The molecule has 22 heavy (non-hydrogen) atoms. The fourth-order valence-electron chi connectivity index (χ4n) is 2.84. The molecule has 0 atom stereocenters. The highest BCUT2D eigenvalue weighted by Crippen LogP contribution is 2.18. The number of carbonyl (C=O) groups excluding carboxylic acids is 1. The molecule has 1 fully saturated rings. The van der Waals surface area contributed by atoms with Gasteiger partial charge >= 0.3 is 0 Å². The first-order valence-corrected chi connectivity index (χ1v) is 8.25. The van der Waals surface area contributed by atoms with Gasteiger partial charge in [-0.3, -0.25) is 4.79 Å². The van der Waals surface area contributed by atoms with Gasteiger partial charge in [0, 0.05) is 12.6 Å². The molecule has 0 radical (unpaired) electrons. The number of piperidine rings is 1. The fourth-order valence-corrected chi connectivity index (χ4v) is 2.84. The molecule has 0 saturated carbocycles. The average Bonchev–Trinajstić information content (AvgIpc) is 2.52. The summed E-state index contributed by atoms with van der Waals surface area (Å²) in [6.45, 7) is 9.60. The zero-order chi connectivity index (χ0) is 15.9. The molecule has 1 N–H and O–H groups in total. The Hall–Kier alpha value is -1.55. The van der Waals surface area contributed by atoms with E-state index in [1.807, 2.05) is 31.2 Å². The van der Waals surface area contributed by atoms with Gasteiger partial charge in [-0.25, -0.2) is 0 Å². The highest BCUT2D eigenvalue weighted by molar-refractivity contribution is 5.77. The maximum absolute atomic E-state index is 11.9. The van der Waals surface area contributed by atoms with Crippen LogP contribution in [-0.4, -0.2) is 43.1 Å². The van der Waals surface area contributed by atoms with E-state index >= 15 is 0 Å². The van der Waals surface area contributed by atoms with Gasteiger partial charge in [0.25, 0.3) is 5.91 Å². The first kappa shape index (κ1) is 16.8. The number of carbonyl (C=O) groups is 1. The van der Waals surface area contributed by atoms with E-state index in [9.17, 15) is 4.79 Å². The summed E-state index contributed by atoms with van der Waals surface area (Å²) in [6, 6.07) is 8.38. The van der Waals surface area contributed by atoms with E-state index in [2.05, 4.69) is 24.1 Å². The van der Waals surface area contributed by atoms with Crippen LogP contribution in [0.2, 0.25) is 0 Å². The standard InChI is InChI=1S/C18H28N2O2/c1-14(2)20-10-8-16(9-11-20)12-19-18(21)13-22-17-7-5-4-6-15(17)3/h4-7,14,16H,8-13H2,1-3H3,(H,19,21). The van der Waals surface area contributed by atoms with Crippen molar-refractivity contribution in [3.05, 3.63) is 29.8 Å². The molecule has 122 valence electrons. The molecular formula is C18H28N2O2. The van der Waals surface area contributed by atoms with Crippen molar-refractivity contribution < 1.29 is 9.53 Å². The normalized spacial score (nSPS) is 16.7. The summed E-state index contributed by atoms with van der Waals surface area (Å²) in [6.07, 6.45) is 2.33. The Balaban J connectivity index is 1.65. The molecule has 0 spiro atoms. The third kappa shape index (κ3) is 5.02. The van der Waals surface area contributed by atoms with Crippen molar-refractivity contribution in [2.45, 2.75) is 39.7 Å². The van der Waals surface area contributed by atoms with Gasteiger partial charge in [-0.1, -0.05) is 18.2 Å². The molecule has 1 saturated heterocycles. The Labute approximate surface area is 133 Å². The number of hydrogen-bond acceptors (Lipinski definition) is 3. The van der Waals surface area contributed by atoms with Crippen LogP contribution >= 0.6 is 0 Å². The summed E-state index contributed by atoms with van der Waals surface area (Å²) in [5, 5.41) is 3.00. The Bertz CT molecular complexity index is 480. The van der Waals surface area contributed by atoms with Gasteiger partial charge in [-0.15, -0.1) is 0 Å². The van der Waals surface area contributed by atoms with Crippen molar-refractivity contribution in [2.24, 2.45) is 5.92 Å². The van der Waals surface area contributed by atoms with Crippen LogP contribution in [-0.2, 0) is 4.79 Å². The zero-order valence-corrected chi connectivity index (χ0v) is 14.0. The molecule has 0 aliphatic carbocycles. The SMILES string of the molecule is Cc1ccccc1OCC(=O)NCC1CCN(C(C)C)CC1. The number of benzene rings is 1. The van der Waals surface area contributed by atoms with Gasteiger partial charge in [0.15, 0.2) is 6.61 Å². The van der Waals surface area contributed by atoms with Crippen molar-refractivity contribution in [1.82, 2.24) is 10.2 Å². The number of para-hydroxylation sites is 1. The topological polar surface area (TPSA) is 41.6 Å². The molecule has 1 aliphatic heterocycles. The second-order valence-corrected chi connectivity index (χ2v) is 6.43. The lowest BCUT2D eigenvalue weighted by Crippen LogP contribution is -2.42. The molecule has 1 aromatic carbocycles. The van der Waals surface area contributed by atoms with Crippen molar-refractivity contribution in [2.75, 3.05) is 26.2 Å². The first-order chi connectivity index (χ1) is 10.6. The van der Waals surface area contributed by atoms with Crippen LogP contribution in [0.3, 0.4) is 0 Å². The summed E-state index contributed by atoms with van der Waals surface area (Å²) in [5.74, 6) is 1.34. The highest BCUT2D eigenvalue weighted by atomic mass is 16.5. The lowest BCUT2D eigenvalue weighted by atomic mass is 9.96. The maximum Gasteiger partial charge on any atom is 0.257 e. The molecule has 0 unspecified atom stereocenters. The quantitative estimate of drug-likeness (QED) is 0.878. The molecule has 1 amide bonds. The highest BCUT2D eigenvalue weighted by Gasteiger charge is 2.21. The predicted molar refractivity (Wildman–Crippen MR) is 89.1 cm³/mol. The second-order valence-electron chi connectivity index (χ2n) is 6.43. The smallest absolute Gasteiger partial charge is 0.257 e. The van der Waals surface area contributed by atoms with Crippen LogP contribution < -0.4 is 10.1 Å². The lowest BCUT2D eigenvalue weighted by Gasteiger charge is -2.34. The number of aryl methyl sites for hydroxylation is 1. The van der Waals surface area contributed by atoms with Crippen molar-refractivity contribution in [3.8, 4) is 5.75 Å². The summed E-state index contributed by atoms with van der Waals surface area (Å²) in [4.78, 5) is 14.4. The molecule has 0 aromatic heterocycles. The number of ether oxygens (including phenoxy) is 1. The molecule has 4 heteroatoms.